The second kappa shape index (κ2) is 7.55. The molecular weight excluding hydrogens is 311 g/mol. The smallest absolute Gasteiger partial charge is 0.221 e. The van der Waals surface area contributed by atoms with Gasteiger partial charge in [-0.2, -0.15) is 0 Å². The Balaban J connectivity index is 1.62. The first kappa shape index (κ1) is 16.7. The van der Waals surface area contributed by atoms with Crippen molar-refractivity contribution in [2.45, 2.75) is 12.8 Å². The number of ether oxygens (including phenoxy) is 1. The average molecular weight is 330 g/mol. The Morgan fingerprint density at radius 3 is 2.91 bits per heavy atom. The van der Waals surface area contributed by atoms with Crippen LogP contribution in [-0.2, 0) is 14.8 Å². The van der Waals surface area contributed by atoms with Crippen LogP contribution in [0, 0.1) is 5.82 Å². The molecule has 0 unspecified atom stereocenters. The van der Waals surface area contributed by atoms with Crippen molar-refractivity contribution in [2.24, 2.45) is 0 Å². The summed E-state index contributed by atoms with van der Waals surface area (Å²) in [5.74, 6) is -0.0495. The Hall–Kier alpha value is -1.67. The van der Waals surface area contributed by atoms with E-state index >= 15 is 0 Å². The number of carbonyl (C=O) groups excluding carboxylic acids is 1. The fourth-order valence-corrected chi connectivity index (χ4v) is 3.70. The maximum Gasteiger partial charge on any atom is 0.221 e. The summed E-state index contributed by atoms with van der Waals surface area (Å²) >= 11 is 0. The third-order valence-corrected chi connectivity index (χ3v) is 5.24. The lowest BCUT2D eigenvalue weighted by Gasteiger charge is -2.13. The van der Waals surface area contributed by atoms with E-state index in [-0.39, 0.29) is 43.6 Å². The molecule has 2 rings (SSSR count). The Morgan fingerprint density at radius 2 is 2.23 bits per heavy atom. The molecule has 1 N–H and O–H groups in total. The maximum atomic E-state index is 12.9. The number of hydrogen-bond donors (Lipinski definition) is 1. The summed E-state index contributed by atoms with van der Waals surface area (Å²) in [6.45, 7) is 1.19. The van der Waals surface area contributed by atoms with Gasteiger partial charge in [-0.3, -0.25) is 4.79 Å². The van der Waals surface area contributed by atoms with Gasteiger partial charge in [-0.25, -0.2) is 17.1 Å². The molecule has 1 aliphatic rings. The van der Waals surface area contributed by atoms with Crippen LogP contribution in [0.1, 0.15) is 12.8 Å². The molecule has 0 aliphatic carbocycles. The quantitative estimate of drug-likeness (QED) is 0.749. The van der Waals surface area contributed by atoms with E-state index in [0.717, 1.165) is 0 Å². The largest absolute Gasteiger partial charge is 0.492 e. The van der Waals surface area contributed by atoms with Gasteiger partial charge in [-0.05, 0) is 18.6 Å². The van der Waals surface area contributed by atoms with Crippen molar-refractivity contribution in [3.8, 4) is 5.75 Å². The lowest BCUT2D eigenvalue weighted by Crippen LogP contribution is -2.33. The fourth-order valence-electron chi connectivity index (χ4n) is 2.17. The van der Waals surface area contributed by atoms with Crippen molar-refractivity contribution in [1.82, 2.24) is 9.62 Å². The summed E-state index contributed by atoms with van der Waals surface area (Å²) < 4.78 is 42.7. The standard InChI is InChI=1S/C14H19FN2O4S/c15-12-3-1-4-13(11-12)21-9-6-16-14(18)5-8-17-7-2-10-22(17,19)20/h1,3-4,11H,2,5-10H2,(H,16,18). The Bertz CT molecular complexity index is 621. The van der Waals surface area contributed by atoms with E-state index in [1.54, 1.807) is 12.1 Å². The first-order chi connectivity index (χ1) is 10.5. The zero-order valence-electron chi connectivity index (χ0n) is 12.1. The number of rotatable bonds is 7. The molecule has 0 spiro atoms. The van der Waals surface area contributed by atoms with Crippen molar-refractivity contribution >= 4 is 15.9 Å². The molecule has 6 nitrogen and oxygen atoms in total. The predicted molar refractivity (Wildman–Crippen MR) is 79.5 cm³/mol. The molecule has 0 bridgehead atoms. The van der Waals surface area contributed by atoms with Crippen LogP contribution in [0.3, 0.4) is 0 Å². The summed E-state index contributed by atoms with van der Waals surface area (Å²) in [5.41, 5.74) is 0. The highest BCUT2D eigenvalue weighted by molar-refractivity contribution is 7.89. The molecule has 1 saturated heterocycles. The summed E-state index contributed by atoms with van der Waals surface area (Å²) in [6.07, 6.45) is 0.741. The molecule has 1 amide bonds. The minimum atomic E-state index is -3.15. The lowest BCUT2D eigenvalue weighted by atomic mass is 10.3. The van der Waals surface area contributed by atoms with E-state index < -0.39 is 10.0 Å². The molecule has 8 heteroatoms. The van der Waals surface area contributed by atoms with Crippen LogP contribution >= 0.6 is 0 Å². The molecule has 0 atom stereocenters. The van der Waals surface area contributed by atoms with Gasteiger partial charge in [0.05, 0.1) is 12.3 Å². The number of halogens is 1. The highest BCUT2D eigenvalue weighted by Gasteiger charge is 2.27. The van der Waals surface area contributed by atoms with Crippen LogP contribution in [-0.4, -0.2) is 50.6 Å². The molecule has 1 fully saturated rings. The van der Waals surface area contributed by atoms with E-state index in [1.807, 2.05) is 0 Å². The number of carbonyl (C=O) groups is 1. The first-order valence-corrected chi connectivity index (χ1v) is 8.71. The van der Waals surface area contributed by atoms with Gasteiger partial charge in [0.15, 0.2) is 0 Å². The molecule has 1 aromatic rings. The second-order valence-corrected chi connectivity index (χ2v) is 7.06. The van der Waals surface area contributed by atoms with Crippen molar-refractivity contribution in [3.05, 3.63) is 30.1 Å². The molecule has 1 aliphatic heterocycles. The maximum absolute atomic E-state index is 12.9. The molecule has 22 heavy (non-hydrogen) atoms. The van der Waals surface area contributed by atoms with Crippen LogP contribution in [0.15, 0.2) is 24.3 Å². The van der Waals surface area contributed by atoms with E-state index in [4.69, 9.17) is 4.74 Å². The molecule has 122 valence electrons. The van der Waals surface area contributed by atoms with E-state index in [2.05, 4.69) is 5.32 Å². The summed E-state index contributed by atoms with van der Waals surface area (Å²) in [7, 11) is -3.15. The number of benzene rings is 1. The van der Waals surface area contributed by atoms with Crippen LogP contribution < -0.4 is 10.1 Å². The van der Waals surface area contributed by atoms with Crippen molar-refractivity contribution in [2.75, 3.05) is 32.0 Å². The van der Waals surface area contributed by atoms with Crippen LogP contribution in [0.2, 0.25) is 0 Å². The number of nitrogens with zero attached hydrogens (tertiary/aromatic N) is 1. The molecule has 0 radical (unpaired) electrons. The van der Waals surface area contributed by atoms with E-state index in [0.29, 0.717) is 18.7 Å². The van der Waals surface area contributed by atoms with Crippen LogP contribution in [0.5, 0.6) is 5.75 Å². The van der Waals surface area contributed by atoms with E-state index in [9.17, 15) is 17.6 Å². The third kappa shape index (κ3) is 4.96. The van der Waals surface area contributed by atoms with Gasteiger partial charge in [0.1, 0.15) is 18.2 Å². The highest BCUT2D eigenvalue weighted by Crippen LogP contribution is 2.13. The van der Waals surface area contributed by atoms with Gasteiger partial charge in [-0.1, -0.05) is 6.07 Å². The predicted octanol–water partition coefficient (Wildman–Crippen LogP) is 0.746. The summed E-state index contributed by atoms with van der Waals surface area (Å²) in [6, 6.07) is 5.75. The minimum absolute atomic E-state index is 0.124. The molecule has 0 aromatic heterocycles. The molecular formula is C14H19FN2O4S. The van der Waals surface area contributed by atoms with Crippen LogP contribution in [0.25, 0.3) is 0 Å². The second-order valence-electron chi connectivity index (χ2n) is 4.97. The number of hydrogen-bond acceptors (Lipinski definition) is 4. The van der Waals surface area contributed by atoms with Crippen molar-refractivity contribution in [1.29, 1.82) is 0 Å². The summed E-state index contributed by atoms with van der Waals surface area (Å²) in [5, 5.41) is 2.64. The Labute approximate surface area is 129 Å². The molecule has 1 aromatic carbocycles. The van der Waals surface area contributed by atoms with Crippen LogP contribution in [0.4, 0.5) is 4.39 Å². The topological polar surface area (TPSA) is 75.7 Å². The lowest BCUT2D eigenvalue weighted by molar-refractivity contribution is -0.121. The van der Waals surface area contributed by atoms with Gasteiger partial charge >= 0.3 is 0 Å². The zero-order valence-corrected chi connectivity index (χ0v) is 12.9. The van der Waals surface area contributed by atoms with Gasteiger partial charge in [0.2, 0.25) is 15.9 Å². The Kier molecular flexibility index (Phi) is 5.73. The first-order valence-electron chi connectivity index (χ1n) is 7.10. The fraction of sp³-hybridized carbons (Fsp3) is 0.500. The van der Waals surface area contributed by atoms with Crippen molar-refractivity contribution in [3.63, 3.8) is 0 Å². The average Bonchev–Trinajstić information content (AvgIpc) is 2.80. The van der Waals surface area contributed by atoms with Gasteiger partial charge in [-0.15, -0.1) is 0 Å². The van der Waals surface area contributed by atoms with Crippen molar-refractivity contribution < 1.29 is 22.3 Å². The number of nitrogens with one attached hydrogen (secondary N) is 1. The zero-order chi connectivity index (χ0) is 16.0. The molecule has 0 saturated carbocycles. The number of sulfonamides is 1. The Morgan fingerprint density at radius 1 is 1.41 bits per heavy atom. The molecule has 1 heterocycles. The summed E-state index contributed by atoms with van der Waals surface area (Å²) in [4.78, 5) is 11.6. The normalized spacial score (nSPS) is 17.3. The van der Waals surface area contributed by atoms with Gasteiger partial charge < -0.3 is 10.1 Å². The highest BCUT2D eigenvalue weighted by atomic mass is 32.2. The SMILES string of the molecule is O=C(CCN1CCCS1(=O)=O)NCCOc1cccc(F)c1. The van der Waals surface area contributed by atoms with Gasteiger partial charge in [0, 0.05) is 25.6 Å². The third-order valence-electron chi connectivity index (χ3n) is 3.28. The van der Waals surface area contributed by atoms with Gasteiger partial charge in [0.25, 0.3) is 0 Å². The minimum Gasteiger partial charge on any atom is -0.492 e. The monoisotopic (exact) mass is 330 g/mol. The number of amides is 1. The van der Waals surface area contributed by atoms with E-state index in [1.165, 1.54) is 16.4 Å².